The van der Waals surface area contributed by atoms with E-state index in [0.29, 0.717) is 13.0 Å². The van der Waals surface area contributed by atoms with Crippen LogP contribution in [0.2, 0.25) is 0 Å². The van der Waals surface area contributed by atoms with E-state index in [0.717, 1.165) is 19.3 Å². The van der Waals surface area contributed by atoms with Gasteiger partial charge in [-0.05, 0) is 25.7 Å². The summed E-state index contributed by atoms with van der Waals surface area (Å²) in [7, 11) is 0. The summed E-state index contributed by atoms with van der Waals surface area (Å²) in [6.07, 6.45) is 3.36. The minimum Gasteiger partial charge on any atom is -0.481 e. The lowest BCUT2D eigenvalue weighted by Gasteiger charge is -2.29. The van der Waals surface area contributed by atoms with E-state index < -0.39 is 24.0 Å². The Labute approximate surface area is 111 Å². The van der Waals surface area contributed by atoms with E-state index in [1.54, 1.807) is 0 Å². The van der Waals surface area contributed by atoms with Crippen molar-refractivity contribution in [2.75, 3.05) is 6.54 Å². The first-order chi connectivity index (χ1) is 8.91. The van der Waals surface area contributed by atoms with Gasteiger partial charge in [-0.2, -0.15) is 0 Å². The first kappa shape index (κ1) is 15.3. The molecule has 3 atom stereocenters. The fourth-order valence-electron chi connectivity index (χ4n) is 2.44. The van der Waals surface area contributed by atoms with E-state index in [1.165, 1.54) is 6.92 Å². The van der Waals surface area contributed by atoms with Crippen LogP contribution in [0.1, 0.15) is 32.6 Å². The van der Waals surface area contributed by atoms with Crippen LogP contribution in [0.25, 0.3) is 0 Å². The van der Waals surface area contributed by atoms with Gasteiger partial charge >= 0.3 is 12.0 Å². The normalized spacial score (nSPS) is 24.3. The van der Waals surface area contributed by atoms with Gasteiger partial charge in [0.05, 0.1) is 5.92 Å². The maximum Gasteiger partial charge on any atom is 0.312 e. The van der Waals surface area contributed by atoms with Gasteiger partial charge < -0.3 is 21.5 Å². The summed E-state index contributed by atoms with van der Waals surface area (Å²) < 4.78 is 0. The fourth-order valence-corrected chi connectivity index (χ4v) is 2.44. The molecule has 7 nitrogen and oxygen atoms in total. The van der Waals surface area contributed by atoms with Gasteiger partial charge in [0.25, 0.3) is 0 Å². The summed E-state index contributed by atoms with van der Waals surface area (Å²) in [6.45, 7) is 1.84. The Kier molecular flexibility index (Phi) is 5.59. The highest BCUT2D eigenvalue weighted by Crippen LogP contribution is 2.29. The second-order valence-corrected chi connectivity index (χ2v) is 4.96. The lowest BCUT2D eigenvalue weighted by atomic mass is 9.79. The molecule has 19 heavy (non-hydrogen) atoms. The smallest absolute Gasteiger partial charge is 0.312 e. The molecule has 0 radical (unpaired) electrons. The molecule has 108 valence electrons. The third-order valence-corrected chi connectivity index (χ3v) is 3.52. The van der Waals surface area contributed by atoms with E-state index in [2.05, 4.69) is 10.6 Å². The molecule has 1 rings (SSSR count). The fraction of sp³-hybridized carbons (Fsp3) is 0.750. The highest BCUT2D eigenvalue weighted by atomic mass is 16.4. The van der Waals surface area contributed by atoms with Crippen LogP contribution >= 0.6 is 0 Å². The van der Waals surface area contributed by atoms with Crippen molar-refractivity contribution in [3.8, 4) is 0 Å². The molecule has 0 aromatic carbocycles. The van der Waals surface area contributed by atoms with Crippen LogP contribution in [0.3, 0.4) is 0 Å². The minimum absolute atomic E-state index is 0.0454. The Morgan fingerprint density at radius 3 is 2.53 bits per heavy atom. The number of rotatable bonds is 5. The predicted octanol–water partition coefficient (Wildman–Crippen LogP) is 0.0504. The van der Waals surface area contributed by atoms with Crippen LogP contribution < -0.4 is 16.4 Å². The third-order valence-electron chi connectivity index (χ3n) is 3.52. The first-order valence-corrected chi connectivity index (χ1v) is 6.48. The highest BCUT2D eigenvalue weighted by molar-refractivity contribution is 5.86. The maximum atomic E-state index is 11.7. The van der Waals surface area contributed by atoms with Crippen LogP contribution in [-0.2, 0) is 9.59 Å². The van der Waals surface area contributed by atoms with Gasteiger partial charge in [0, 0.05) is 6.54 Å². The summed E-state index contributed by atoms with van der Waals surface area (Å²) in [5.74, 6) is -1.60. The van der Waals surface area contributed by atoms with Gasteiger partial charge in [-0.3, -0.25) is 9.59 Å². The largest absolute Gasteiger partial charge is 0.481 e. The number of nitrogens with one attached hydrogen (secondary N) is 2. The molecule has 0 saturated heterocycles. The van der Waals surface area contributed by atoms with Crippen LogP contribution in [0.4, 0.5) is 4.79 Å². The van der Waals surface area contributed by atoms with Gasteiger partial charge in [-0.25, -0.2) is 4.79 Å². The summed E-state index contributed by atoms with van der Waals surface area (Å²) >= 11 is 0. The molecule has 1 aliphatic rings. The van der Waals surface area contributed by atoms with Crippen molar-refractivity contribution in [3.63, 3.8) is 0 Å². The van der Waals surface area contributed by atoms with Crippen LogP contribution in [-0.4, -0.2) is 35.6 Å². The van der Waals surface area contributed by atoms with E-state index in [4.69, 9.17) is 10.8 Å². The van der Waals surface area contributed by atoms with Crippen LogP contribution in [0, 0.1) is 11.8 Å². The number of carboxylic acids is 1. The maximum absolute atomic E-state index is 11.7. The van der Waals surface area contributed by atoms with E-state index in [9.17, 15) is 14.4 Å². The van der Waals surface area contributed by atoms with Crippen molar-refractivity contribution >= 4 is 17.9 Å². The second-order valence-electron chi connectivity index (χ2n) is 4.96. The summed E-state index contributed by atoms with van der Waals surface area (Å²) in [4.78, 5) is 33.4. The molecule has 0 aromatic rings. The lowest BCUT2D eigenvalue weighted by Crippen LogP contribution is -2.48. The van der Waals surface area contributed by atoms with E-state index >= 15 is 0 Å². The molecule has 3 amide bonds. The van der Waals surface area contributed by atoms with Gasteiger partial charge in [0.15, 0.2) is 0 Å². The van der Waals surface area contributed by atoms with Crippen molar-refractivity contribution < 1.29 is 19.5 Å². The molecule has 1 aliphatic carbocycles. The number of hydrogen-bond donors (Lipinski definition) is 4. The number of aliphatic carboxylic acids is 1. The molecule has 0 aromatic heterocycles. The van der Waals surface area contributed by atoms with Crippen molar-refractivity contribution in [2.45, 2.75) is 38.6 Å². The number of carbonyl (C=O) groups is 3. The van der Waals surface area contributed by atoms with Gasteiger partial charge in [-0.1, -0.05) is 12.8 Å². The van der Waals surface area contributed by atoms with Gasteiger partial charge in [0.1, 0.15) is 6.04 Å². The molecule has 0 heterocycles. The summed E-state index contributed by atoms with van der Waals surface area (Å²) in [5.41, 5.74) is 4.92. The predicted molar refractivity (Wildman–Crippen MR) is 68.3 cm³/mol. The zero-order valence-electron chi connectivity index (χ0n) is 11.0. The Bertz CT molecular complexity index is 359. The molecule has 5 N–H and O–H groups in total. The average molecular weight is 271 g/mol. The number of carbonyl (C=O) groups excluding carboxylic acids is 2. The lowest BCUT2D eigenvalue weighted by molar-refractivity contribution is -0.145. The molecule has 1 fully saturated rings. The quantitative estimate of drug-likeness (QED) is 0.564. The van der Waals surface area contributed by atoms with E-state index in [-0.39, 0.29) is 11.8 Å². The zero-order valence-corrected chi connectivity index (χ0v) is 11.0. The van der Waals surface area contributed by atoms with Crippen LogP contribution in [0.5, 0.6) is 0 Å². The van der Waals surface area contributed by atoms with Crippen LogP contribution in [0.15, 0.2) is 0 Å². The molecule has 0 aliphatic heterocycles. The Morgan fingerprint density at radius 1 is 1.32 bits per heavy atom. The zero-order chi connectivity index (χ0) is 14.4. The Morgan fingerprint density at radius 2 is 1.95 bits per heavy atom. The number of nitrogens with two attached hydrogens (primary N) is 1. The number of amides is 3. The molecule has 1 saturated carbocycles. The SMILES string of the molecule is CC(NC(N)=O)C(=O)NCC1CCCCC1C(=O)O. The van der Waals surface area contributed by atoms with Crippen molar-refractivity contribution in [1.29, 1.82) is 0 Å². The second kappa shape index (κ2) is 6.96. The molecular weight excluding hydrogens is 250 g/mol. The molecule has 3 unspecified atom stereocenters. The highest BCUT2D eigenvalue weighted by Gasteiger charge is 2.31. The number of hydrogen-bond acceptors (Lipinski definition) is 3. The van der Waals surface area contributed by atoms with Gasteiger partial charge in [0.2, 0.25) is 5.91 Å². The Balaban J connectivity index is 2.43. The molecule has 0 spiro atoms. The van der Waals surface area contributed by atoms with Crippen molar-refractivity contribution in [1.82, 2.24) is 10.6 Å². The third kappa shape index (κ3) is 4.76. The van der Waals surface area contributed by atoms with Crippen molar-refractivity contribution in [2.24, 2.45) is 17.6 Å². The van der Waals surface area contributed by atoms with Gasteiger partial charge in [-0.15, -0.1) is 0 Å². The number of primary amides is 1. The summed E-state index contributed by atoms with van der Waals surface area (Å²) in [6, 6.07) is -1.48. The number of carboxylic acid groups (broad SMARTS) is 1. The molecule has 0 bridgehead atoms. The summed E-state index contributed by atoms with van der Waals surface area (Å²) in [5, 5.41) is 14.1. The first-order valence-electron chi connectivity index (χ1n) is 6.48. The minimum atomic E-state index is -0.803. The average Bonchev–Trinajstić information content (AvgIpc) is 2.35. The Hall–Kier alpha value is -1.79. The standard InChI is InChI=1S/C12H21N3O4/c1-7(15-12(13)19)10(16)14-6-8-4-2-3-5-9(8)11(17)18/h7-9H,2-6H2,1H3,(H,14,16)(H,17,18)(H3,13,15,19). The molecule has 7 heteroatoms. The monoisotopic (exact) mass is 271 g/mol. The number of urea groups is 1. The topological polar surface area (TPSA) is 122 Å². The molecular formula is C12H21N3O4. The van der Waals surface area contributed by atoms with Crippen molar-refractivity contribution in [3.05, 3.63) is 0 Å². The van der Waals surface area contributed by atoms with E-state index in [1.807, 2.05) is 0 Å².